The minimum absolute atomic E-state index is 0.166. The van der Waals surface area contributed by atoms with E-state index in [0.29, 0.717) is 15.7 Å². The molecule has 28 heavy (non-hydrogen) atoms. The van der Waals surface area contributed by atoms with Gasteiger partial charge in [0.2, 0.25) is 5.91 Å². The van der Waals surface area contributed by atoms with Crippen LogP contribution in [0.1, 0.15) is 12.0 Å². The van der Waals surface area contributed by atoms with Crippen LogP contribution in [0, 0.1) is 6.92 Å². The summed E-state index contributed by atoms with van der Waals surface area (Å²) >= 11 is 12.3. The van der Waals surface area contributed by atoms with E-state index in [0.717, 1.165) is 37.4 Å². The second-order valence-electron chi connectivity index (χ2n) is 7.22. The lowest BCUT2D eigenvalue weighted by Gasteiger charge is -2.38. The molecular weight excluding hydrogens is 397 g/mol. The Balaban J connectivity index is 1.45. The van der Waals surface area contributed by atoms with E-state index in [1.165, 1.54) is 4.90 Å². The Morgan fingerprint density at radius 1 is 0.929 bits per heavy atom. The molecule has 7 heteroatoms. The monoisotopic (exact) mass is 417 g/mol. The van der Waals surface area contributed by atoms with Gasteiger partial charge in [0.25, 0.3) is 5.91 Å². The summed E-state index contributed by atoms with van der Waals surface area (Å²) in [7, 11) is 0. The molecule has 4 rings (SSSR count). The molecule has 1 atom stereocenters. The molecule has 5 nitrogen and oxygen atoms in total. The van der Waals surface area contributed by atoms with E-state index in [1.54, 1.807) is 12.1 Å². The summed E-state index contributed by atoms with van der Waals surface area (Å²) in [5, 5.41) is 1.26. The molecule has 0 radical (unpaired) electrons. The fourth-order valence-corrected chi connectivity index (χ4v) is 4.22. The van der Waals surface area contributed by atoms with Crippen LogP contribution >= 0.6 is 23.2 Å². The summed E-state index contributed by atoms with van der Waals surface area (Å²) in [4.78, 5) is 31.2. The number of carbonyl (C=O) groups excluding carboxylic acids is 2. The van der Waals surface area contributed by atoms with E-state index < -0.39 is 6.04 Å². The Morgan fingerprint density at radius 2 is 1.68 bits per heavy atom. The van der Waals surface area contributed by atoms with E-state index >= 15 is 0 Å². The zero-order valence-corrected chi connectivity index (χ0v) is 17.1. The van der Waals surface area contributed by atoms with Gasteiger partial charge in [0.15, 0.2) is 0 Å². The van der Waals surface area contributed by atoms with Gasteiger partial charge in [-0.2, -0.15) is 0 Å². The van der Waals surface area contributed by atoms with Gasteiger partial charge in [-0.15, -0.1) is 0 Å². The summed E-state index contributed by atoms with van der Waals surface area (Å²) < 4.78 is 0. The van der Waals surface area contributed by atoms with Crippen molar-refractivity contribution in [1.82, 2.24) is 4.90 Å². The lowest BCUT2D eigenvalue weighted by atomic mass is 10.1. The van der Waals surface area contributed by atoms with Crippen molar-refractivity contribution in [1.29, 1.82) is 0 Å². The number of halogens is 2. The number of rotatable bonds is 3. The number of carbonyl (C=O) groups is 2. The van der Waals surface area contributed by atoms with Gasteiger partial charge in [0.05, 0.1) is 18.2 Å². The molecule has 2 aromatic carbocycles. The number of nitrogens with zero attached hydrogens (tertiary/aromatic N) is 3. The summed E-state index contributed by atoms with van der Waals surface area (Å²) in [6.07, 6.45) is 0.210. The third-order valence-corrected chi connectivity index (χ3v) is 6.11. The largest absolute Gasteiger partial charge is 0.369 e. The standard InChI is InChI=1S/C21H21Cl2N3O2/c1-14-5-6-17(12-18(14)23)26-20(27)13-19(21(26)28)25-9-7-24(8-10-25)16-4-2-3-15(22)11-16/h2-6,11-12,19H,7-10,13H2,1H3/t19-/m0/s1. The zero-order chi connectivity index (χ0) is 19.8. The number of amides is 2. The molecule has 2 aliphatic rings. The third kappa shape index (κ3) is 3.62. The second kappa shape index (κ2) is 7.74. The van der Waals surface area contributed by atoms with E-state index in [2.05, 4.69) is 9.80 Å². The second-order valence-corrected chi connectivity index (χ2v) is 8.07. The molecule has 0 spiro atoms. The molecule has 0 N–H and O–H groups in total. The van der Waals surface area contributed by atoms with Crippen LogP contribution in [0.25, 0.3) is 0 Å². The summed E-state index contributed by atoms with van der Waals surface area (Å²) in [6, 6.07) is 12.7. The van der Waals surface area contributed by atoms with Crippen LogP contribution in [0.2, 0.25) is 10.0 Å². The van der Waals surface area contributed by atoms with Gasteiger partial charge in [-0.05, 0) is 42.8 Å². The van der Waals surface area contributed by atoms with E-state index in [1.807, 2.05) is 37.3 Å². The highest BCUT2D eigenvalue weighted by Gasteiger charge is 2.43. The molecule has 2 heterocycles. The molecule has 0 aliphatic carbocycles. The van der Waals surface area contributed by atoms with Crippen LogP contribution in [-0.4, -0.2) is 48.9 Å². The van der Waals surface area contributed by atoms with Crippen LogP contribution in [0.3, 0.4) is 0 Å². The van der Waals surface area contributed by atoms with Crippen LogP contribution < -0.4 is 9.80 Å². The van der Waals surface area contributed by atoms with Gasteiger partial charge in [0.1, 0.15) is 0 Å². The average molecular weight is 418 g/mol. The van der Waals surface area contributed by atoms with E-state index in [9.17, 15) is 9.59 Å². The van der Waals surface area contributed by atoms with Crippen molar-refractivity contribution in [3.8, 4) is 0 Å². The normalized spacial score (nSPS) is 20.9. The van der Waals surface area contributed by atoms with Crippen LogP contribution in [0.15, 0.2) is 42.5 Å². The van der Waals surface area contributed by atoms with Gasteiger partial charge in [-0.25, -0.2) is 4.90 Å². The highest BCUT2D eigenvalue weighted by Crippen LogP contribution is 2.30. The Kier molecular flexibility index (Phi) is 5.32. The quantitative estimate of drug-likeness (QED) is 0.713. The first-order chi connectivity index (χ1) is 13.4. The molecule has 0 saturated carbocycles. The fraction of sp³-hybridized carbons (Fsp3) is 0.333. The topological polar surface area (TPSA) is 43.9 Å². The highest BCUT2D eigenvalue weighted by molar-refractivity contribution is 6.32. The zero-order valence-electron chi connectivity index (χ0n) is 15.6. The van der Waals surface area contributed by atoms with Crippen molar-refractivity contribution < 1.29 is 9.59 Å². The molecule has 2 amide bonds. The number of anilines is 2. The molecule has 2 aromatic rings. The molecule has 0 bridgehead atoms. The first-order valence-corrected chi connectivity index (χ1v) is 10.1. The lowest BCUT2D eigenvalue weighted by Crippen LogP contribution is -2.52. The summed E-state index contributed by atoms with van der Waals surface area (Å²) in [5.74, 6) is -0.340. The maximum absolute atomic E-state index is 13.0. The maximum atomic E-state index is 13.0. The Hall–Kier alpha value is -2.08. The first kappa shape index (κ1) is 19.2. The molecular formula is C21H21Cl2N3O2. The number of hydrogen-bond acceptors (Lipinski definition) is 4. The minimum Gasteiger partial charge on any atom is -0.369 e. The molecule has 0 aromatic heterocycles. The van der Waals surface area contributed by atoms with E-state index in [-0.39, 0.29) is 18.2 Å². The smallest absolute Gasteiger partial charge is 0.251 e. The Labute approximate surface area is 174 Å². The number of aryl methyl sites for hydroxylation is 1. The predicted octanol–water partition coefficient (Wildman–Crippen LogP) is 3.76. The first-order valence-electron chi connectivity index (χ1n) is 9.31. The number of imide groups is 1. The van der Waals surface area contributed by atoms with E-state index in [4.69, 9.17) is 23.2 Å². The van der Waals surface area contributed by atoms with Crippen molar-refractivity contribution in [3.05, 3.63) is 58.1 Å². The summed E-state index contributed by atoms with van der Waals surface area (Å²) in [6.45, 7) is 4.91. The lowest BCUT2D eigenvalue weighted by molar-refractivity contribution is -0.123. The van der Waals surface area contributed by atoms with Gasteiger partial charge in [0, 0.05) is 41.9 Å². The SMILES string of the molecule is Cc1ccc(N2C(=O)C[C@H](N3CCN(c4cccc(Cl)c4)CC3)C2=O)cc1Cl. The van der Waals surface area contributed by atoms with Gasteiger partial charge < -0.3 is 4.90 Å². The molecule has 146 valence electrons. The van der Waals surface area contributed by atoms with Gasteiger partial charge in [-0.1, -0.05) is 35.3 Å². The van der Waals surface area contributed by atoms with Crippen LogP contribution in [0.5, 0.6) is 0 Å². The Bertz CT molecular complexity index is 926. The molecule has 0 unspecified atom stereocenters. The number of benzene rings is 2. The van der Waals surface area contributed by atoms with Gasteiger partial charge >= 0.3 is 0 Å². The van der Waals surface area contributed by atoms with Crippen LogP contribution in [-0.2, 0) is 9.59 Å². The molecule has 2 aliphatic heterocycles. The Morgan fingerprint density at radius 3 is 2.36 bits per heavy atom. The number of hydrogen-bond donors (Lipinski definition) is 0. The molecule has 2 fully saturated rings. The fourth-order valence-electron chi connectivity index (χ4n) is 3.86. The van der Waals surface area contributed by atoms with Crippen molar-refractivity contribution >= 4 is 46.4 Å². The maximum Gasteiger partial charge on any atom is 0.251 e. The average Bonchev–Trinajstić information content (AvgIpc) is 2.98. The number of piperazine rings is 1. The van der Waals surface area contributed by atoms with Crippen molar-refractivity contribution in [2.75, 3.05) is 36.0 Å². The van der Waals surface area contributed by atoms with Crippen molar-refractivity contribution in [2.45, 2.75) is 19.4 Å². The molecule has 2 saturated heterocycles. The third-order valence-electron chi connectivity index (χ3n) is 5.46. The minimum atomic E-state index is -0.408. The van der Waals surface area contributed by atoms with Crippen molar-refractivity contribution in [2.24, 2.45) is 0 Å². The van der Waals surface area contributed by atoms with Crippen molar-refractivity contribution in [3.63, 3.8) is 0 Å². The summed E-state index contributed by atoms with van der Waals surface area (Å²) in [5.41, 5.74) is 2.54. The van der Waals surface area contributed by atoms with Gasteiger partial charge in [-0.3, -0.25) is 14.5 Å². The van der Waals surface area contributed by atoms with Crippen LogP contribution in [0.4, 0.5) is 11.4 Å². The predicted molar refractivity (Wildman–Crippen MR) is 112 cm³/mol. The highest BCUT2D eigenvalue weighted by atomic mass is 35.5.